The van der Waals surface area contributed by atoms with Gasteiger partial charge in [-0.25, -0.2) is 4.99 Å². The van der Waals surface area contributed by atoms with Crippen molar-refractivity contribution in [3.63, 3.8) is 0 Å². The highest BCUT2D eigenvalue weighted by Crippen LogP contribution is 2.31. The number of nitriles is 1. The van der Waals surface area contributed by atoms with Crippen LogP contribution in [0.25, 0.3) is 6.08 Å². The molecule has 0 fully saturated rings. The molecule has 1 aliphatic heterocycles. The second kappa shape index (κ2) is 8.45. The maximum absolute atomic E-state index is 10.6. The summed E-state index contributed by atoms with van der Waals surface area (Å²) in [5, 5.41) is 20.0. The van der Waals surface area contributed by atoms with Gasteiger partial charge in [0.25, 0.3) is 5.90 Å². The molecule has 148 valence electrons. The number of benzene rings is 2. The lowest BCUT2D eigenvalue weighted by Gasteiger charge is -2.04. The second-order valence-corrected chi connectivity index (χ2v) is 8.21. The average Bonchev–Trinajstić information content (AvgIpc) is 3.25. The molecular formula is C22H16N4O2S2. The van der Waals surface area contributed by atoms with Gasteiger partial charge < -0.3 is 9.84 Å². The van der Waals surface area contributed by atoms with E-state index in [1.165, 1.54) is 11.3 Å². The van der Waals surface area contributed by atoms with Gasteiger partial charge in [-0.3, -0.25) is 4.57 Å². The summed E-state index contributed by atoms with van der Waals surface area (Å²) in [5.41, 5.74) is 2.87. The quantitative estimate of drug-likeness (QED) is 0.562. The highest BCUT2D eigenvalue weighted by Gasteiger charge is 2.23. The van der Waals surface area contributed by atoms with Gasteiger partial charge in [-0.15, -0.1) is 11.3 Å². The third-order valence-electron chi connectivity index (χ3n) is 4.33. The number of nitrogens with zero attached hydrogens (tertiary/aromatic N) is 4. The molecule has 0 saturated carbocycles. The van der Waals surface area contributed by atoms with E-state index in [-0.39, 0.29) is 23.4 Å². The molecule has 1 aromatic heterocycles. The van der Waals surface area contributed by atoms with Crippen LogP contribution in [0.15, 0.2) is 70.5 Å². The first-order valence-corrected chi connectivity index (χ1v) is 10.3. The zero-order valence-corrected chi connectivity index (χ0v) is 17.6. The third-order valence-corrected chi connectivity index (χ3v) is 5.71. The summed E-state index contributed by atoms with van der Waals surface area (Å²) in [6, 6.07) is 19.3. The summed E-state index contributed by atoms with van der Waals surface area (Å²) in [4.78, 5) is 9.04. The molecule has 3 aromatic rings. The average molecular weight is 433 g/mol. The van der Waals surface area contributed by atoms with Crippen molar-refractivity contribution in [1.82, 2.24) is 4.57 Å². The summed E-state index contributed by atoms with van der Waals surface area (Å²) in [5.74, 6) is 0.331. The molecular weight excluding hydrogens is 416 g/mol. The standard InChI is InChI=1S/C22H16N4O2S2/c1-14-7-9-16(10-8-14)24-20-17(12-23)25-19(28-20)11-18-21(27)26(22(29)30-18)13-15-5-3-2-4-6-15/h2-11,27H,13H2,1H3/b19-11+,24-20?. The molecule has 0 bridgehead atoms. The van der Waals surface area contributed by atoms with E-state index >= 15 is 0 Å². The van der Waals surface area contributed by atoms with Gasteiger partial charge in [0.15, 0.2) is 3.95 Å². The van der Waals surface area contributed by atoms with Crippen LogP contribution in [0.1, 0.15) is 16.0 Å². The number of aromatic hydroxyl groups is 1. The largest absolute Gasteiger partial charge is 0.493 e. The van der Waals surface area contributed by atoms with Crippen molar-refractivity contribution < 1.29 is 9.84 Å². The molecule has 6 nitrogen and oxygen atoms in total. The van der Waals surface area contributed by atoms with Crippen LogP contribution < -0.4 is 0 Å². The summed E-state index contributed by atoms with van der Waals surface area (Å²) in [7, 11) is 0. The minimum absolute atomic E-state index is 0.0302. The second-order valence-electron chi connectivity index (χ2n) is 6.54. The molecule has 8 heteroatoms. The molecule has 2 heterocycles. The van der Waals surface area contributed by atoms with Gasteiger partial charge in [0.1, 0.15) is 6.07 Å². The fourth-order valence-corrected chi connectivity index (χ4v) is 4.03. The molecule has 1 aliphatic rings. The molecule has 0 atom stereocenters. The van der Waals surface area contributed by atoms with Crippen LogP contribution in [-0.2, 0) is 11.3 Å². The van der Waals surface area contributed by atoms with E-state index in [0.29, 0.717) is 21.1 Å². The van der Waals surface area contributed by atoms with Crippen molar-refractivity contribution in [2.45, 2.75) is 13.5 Å². The molecule has 0 saturated heterocycles. The lowest BCUT2D eigenvalue weighted by Crippen LogP contribution is -2.07. The van der Waals surface area contributed by atoms with E-state index in [1.807, 2.05) is 67.6 Å². The van der Waals surface area contributed by atoms with E-state index in [1.54, 1.807) is 10.6 Å². The summed E-state index contributed by atoms with van der Waals surface area (Å²) in [6.07, 6.45) is 1.56. The van der Waals surface area contributed by atoms with Crippen LogP contribution in [0.4, 0.5) is 5.69 Å². The van der Waals surface area contributed by atoms with E-state index in [0.717, 1.165) is 11.1 Å². The van der Waals surface area contributed by atoms with Crippen LogP contribution in [0.2, 0.25) is 0 Å². The fraction of sp³-hybridized carbons (Fsp3) is 0.0909. The first kappa shape index (κ1) is 19.8. The minimum Gasteiger partial charge on any atom is -0.493 e. The lowest BCUT2D eigenvalue weighted by molar-refractivity contribution is 0.420. The Morgan fingerprint density at radius 1 is 1.23 bits per heavy atom. The smallest absolute Gasteiger partial charge is 0.258 e. The maximum Gasteiger partial charge on any atom is 0.258 e. The van der Waals surface area contributed by atoms with Crippen molar-refractivity contribution in [2.75, 3.05) is 0 Å². The SMILES string of the molecule is Cc1ccc(N=C2O/C(=C/c3sc(=S)n(Cc4ccccc4)c3O)N=C2C#N)cc1. The topological polar surface area (TPSA) is 82.9 Å². The van der Waals surface area contributed by atoms with Gasteiger partial charge in [0, 0.05) is 6.08 Å². The Bertz CT molecular complexity index is 1280. The van der Waals surface area contributed by atoms with Crippen molar-refractivity contribution in [3.05, 3.63) is 80.4 Å². The van der Waals surface area contributed by atoms with Gasteiger partial charge in [-0.05, 0) is 36.8 Å². The summed E-state index contributed by atoms with van der Waals surface area (Å²) in [6.45, 7) is 2.44. The van der Waals surface area contributed by atoms with E-state index in [9.17, 15) is 10.4 Å². The molecule has 2 aromatic carbocycles. The van der Waals surface area contributed by atoms with Gasteiger partial charge in [-0.1, -0.05) is 48.0 Å². The van der Waals surface area contributed by atoms with Gasteiger partial charge >= 0.3 is 0 Å². The summed E-state index contributed by atoms with van der Waals surface area (Å²) >= 11 is 6.65. The molecule has 30 heavy (non-hydrogen) atoms. The molecule has 0 aliphatic carbocycles. The van der Waals surface area contributed by atoms with Crippen LogP contribution in [0.5, 0.6) is 5.88 Å². The Balaban J connectivity index is 1.62. The number of aromatic nitrogens is 1. The Morgan fingerprint density at radius 2 is 1.97 bits per heavy atom. The predicted octanol–water partition coefficient (Wildman–Crippen LogP) is 5.36. The van der Waals surface area contributed by atoms with Crippen LogP contribution >= 0.6 is 23.6 Å². The third kappa shape index (κ3) is 4.22. The maximum atomic E-state index is 10.6. The highest BCUT2D eigenvalue weighted by atomic mass is 32.1. The molecule has 4 rings (SSSR count). The zero-order valence-electron chi connectivity index (χ0n) is 15.9. The first-order valence-electron chi connectivity index (χ1n) is 9.04. The number of rotatable bonds is 4. The molecule has 0 radical (unpaired) electrons. The van der Waals surface area contributed by atoms with E-state index < -0.39 is 0 Å². The van der Waals surface area contributed by atoms with Crippen molar-refractivity contribution in [3.8, 4) is 11.9 Å². The fourth-order valence-electron chi connectivity index (χ4n) is 2.80. The normalized spacial score (nSPS) is 15.8. The Morgan fingerprint density at radius 3 is 2.67 bits per heavy atom. The monoisotopic (exact) mass is 432 g/mol. The van der Waals surface area contributed by atoms with Gasteiger partial charge in [-0.2, -0.15) is 10.3 Å². The minimum atomic E-state index is 0.0302. The van der Waals surface area contributed by atoms with Crippen LogP contribution in [0, 0.1) is 22.2 Å². The van der Waals surface area contributed by atoms with Crippen LogP contribution in [-0.4, -0.2) is 21.3 Å². The lowest BCUT2D eigenvalue weighted by atomic mass is 10.2. The first-order chi connectivity index (χ1) is 14.5. The molecule has 0 unspecified atom stereocenters. The number of ether oxygens (including phenoxy) is 1. The number of thiazole rings is 1. The zero-order chi connectivity index (χ0) is 21.1. The van der Waals surface area contributed by atoms with E-state index in [2.05, 4.69) is 9.98 Å². The van der Waals surface area contributed by atoms with Crippen molar-refractivity contribution >= 4 is 46.9 Å². The van der Waals surface area contributed by atoms with Gasteiger partial charge in [0.2, 0.25) is 17.5 Å². The highest BCUT2D eigenvalue weighted by molar-refractivity contribution is 7.73. The van der Waals surface area contributed by atoms with Crippen molar-refractivity contribution in [2.24, 2.45) is 9.98 Å². The van der Waals surface area contributed by atoms with E-state index in [4.69, 9.17) is 17.0 Å². The molecule has 0 amide bonds. The number of aliphatic imine (C=N–C) groups is 2. The van der Waals surface area contributed by atoms with Gasteiger partial charge in [0.05, 0.1) is 17.1 Å². The molecule has 1 N–H and O–H groups in total. The van der Waals surface area contributed by atoms with Crippen molar-refractivity contribution in [1.29, 1.82) is 5.26 Å². The Hall–Kier alpha value is -3.54. The van der Waals surface area contributed by atoms with Crippen LogP contribution in [0.3, 0.4) is 0 Å². The predicted molar refractivity (Wildman–Crippen MR) is 121 cm³/mol. The Labute approximate surface area is 182 Å². The summed E-state index contributed by atoms with van der Waals surface area (Å²) < 4.78 is 7.84. The Kier molecular flexibility index (Phi) is 5.57. The number of aryl methyl sites for hydroxylation is 1. The number of hydrogen-bond donors (Lipinski definition) is 1. The molecule has 0 spiro atoms. The number of hydrogen-bond acceptors (Lipinski definition) is 7.